The second kappa shape index (κ2) is 4.15. The Labute approximate surface area is 92.8 Å². The van der Waals surface area contributed by atoms with Crippen molar-refractivity contribution in [3.05, 3.63) is 23.3 Å². The summed E-state index contributed by atoms with van der Waals surface area (Å²) in [6.07, 6.45) is 0. The first kappa shape index (κ1) is 11.0. The van der Waals surface area contributed by atoms with Gasteiger partial charge in [0.25, 0.3) is 0 Å². The summed E-state index contributed by atoms with van der Waals surface area (Å²) in [6, 6.07) is 3.35. The van der Waals surface area contributed by atoms with Crippen LogP contribution in [0.25, 0.3) is 0 Å². The summed E-state index contributed by atoms with van der Waals surface area (Å²) in [4.78, 5) is 10.4. The van der Waals surface area contributed by atoms with Gasteiger partial charge in [0.2, 0.25) is 0 Å². The van der Waals surface area contributed by atoms with Gasteiger partial charge >= 0.3 is 13.1 Å². The monoisotopic (exact) mass is 222 g/mol. The molecule has 2 rings (SSSR count). The Morgan fingerprint density at radius 3 is 3.06 bits per heavy atom. The zero-order valence-corrected chi connectivity index (χ0v) is 8.77. The zero-order chi connectivity index (χ0) is 11.7. The number of rotatable bonds is 3. The molecule has 0 fully saturated rings. The second-order valence-corrected chi connectivity index (χ2v) is 3.65. The van der Waals surface area contributed by atoms with Crippen LogP contribution in [0.1, 0.15) is 11.1 Å². The molecule has 16 heavy (non-hydrogen) atoms. The minimum Gasteiger partial charge on any atom is -0.482 e. The molecule has 0 radical (unpaired) electrons. The molecule has 1 aliphatic heterocycles. The second-order valence-electron chi connectivity index (χ2n) is 3.65. The van der Waals surface area contributed by atoms with Gasteiger partial charge in [-0.05, 0) is 35.6 Å². The van der Waals surface area contributed by atoms with E-state index in [1.165, 1.54) is 0 Å². The van der Waals surface area contributed by atoms with Gasteiger partial charge in [-0.1, -0.05) is 0 Å². The lowest BCUT2D eigenvalue weighted by molar-refractivity contribution is -0.139. The van der Waals surface area contributed by atoms with Gasteiger partial charge in [0.1, 0.15) is 5.75 Å². The highest BCUT2D eigenvalue weighted by Crippen LogP contribution is 2.20. The van der Waals surface area contributed by atoms with E-state index in [4.69, 9.17) is 14.5 Å². The van der Waals surface area contributed by atoms with Crippen LogP contribution in [0.2, 0.25) is 0 Å². The van der Waals surface area contributed by atoms with E-state index in [1.807, 2.05) is 6.92 Å². The predicted octanol–water partition coefficient (Wildman–Crippen LogP) is -0.324. The summed E-state index contributed by atoms with van der Waals surface area (Å²) in [5, 5.41) is 18.0. The maximum Gasteiger partial charge on any atom is 0.491 e. The Balaban J connectivity index is 2.25. The van der Waals surface area contributed by atoms with Crippen molar-refractivity contribution in [2.75, 3.05) is 6.61 Å². The molecule has 1 aromatic carbocycles. The molecule has 6 heteroatoms. The molecule has 1 heterocycles. The van der Waals surface area contributed by atoms with Crippen LogP contribution >= 0.6 is 0 Å². The van der Waals surface area contributed by atoms with Crippen LogP contribution in [0.4, 0.5) is 0 Å². The van der Waals surface area contributed by atoms with Crippen molar-refractivity contribution in [1.82, 2.24) is 0 Å². The van der Waals surface area contributed by atoms with Crippen LogP contribution in [0.5, 0.6) is 5.75 Å². The van der Waals surface area contributed by atoms with Crippen molar-refractivity contribution >= 4 is 18.6 Å². The number of aliphatic carboxylic acids is 1. The number of aryl methyl sites for hydroxylation is 1. The molecule has 0 spiro atoms. The van der Waals surface area contributed by atoms with E-state index in [0.717, 1.165) is 11.1 Å². The van der Waals surface area contributed by atoms with E-state index < -0.39 is 19.7 Å². The lowest BCUT2D eigenvalue weighted by Gasteiger charge is -2.08. The molecule has 84 valence electrons. The summed E-state index contributed by atoms with van der Waals surface area (Å²) < 4.78 is 10.1. The molecule has 1 aromatic rings. The maximum absolute atomic E-state index is 10.4. The Kier molecular flexibility index (Phi) is 2.85. The molecule has 0 saturated carbocycles. The zero-order valence-electron chi connectivity index (χ0n) is 8.77. The third kappa shape index (κ3) is 2.03. The minimum absolute atomic E-state index is 0.377. The van der Waals surface area contributed by atoms with Gasteiger partial charge in [-0.25, -0.2) is 4.79 Å². The predicted molar refractivity (Wildman–Crippen MR) is 56.7 cm³/mol. The topological polar surface area (TPSA) is 76.0 Å². The molecule has 0 amide bonds. The fourth-order valence-corrected chi connectivity index (χ4v) is 1.71. The van der Waals surface area contributed by atoms with Crippen molar-refractivity contribution in [2.45, 2.75) is 13.5 Å². The molecule has 2 N–H and O–H groups in total. The third-order valence-corrected chi connectivity index (χ3v) is 2.49. The van der Waals surface area contributed by atoms with Crippen LogP contribution in [0, 0.1) is 6.92 Å². The molecular weight excluding hydrogens is 211 g/mol. The van der Waals surface area contributed by atoms with Gasteiger partial charge in [-0.2, -0.15) is 0 Å². The number of carboxylic acids is 1. The summed E-state index contributed by atoms with van der Waals surface area (Å²) in [5.41, 5.74) is 2.52. The first-order valence-corrected chi connectivity index (χ1v) is 4.85. The third-order valence-electron chi connectivity index (χ3n) is 2.49. The lowest BCUT2D eigenvalue weighted by atomic mass is 9.78. The quantitative estimate of drug-likeness (QED) is 0.685. The Bertz CT molecular complexity index is 431. The van der Waals surface area contributed by atoms with E-state index in [1.54, 1.807) is 12.1 Å². The summed E-state index contributed by atoms with van der Waals surface area (Å²) in [5.74, 6) is -0.599. The van der Waals surface area contributed by atoms with Crippen LogP contribution in [-0.2, 0) is 16.1 Å². The molecule has 1 aliphatic rings. The largest absolute Gasteiger partial charge is 0.491 e. The number of carbonyl (C=O) groups is 1. The SMILES string of the molecule is Cc1cc(OCC(=O)O)cc2c1COB2O. The molecule has 0 atom stereocenters. The van der Waals surface area contributed by atoms with Crippen molar-refractivity contribution in [2.24, 2.45) is 0 Å². The van der Waals surface area contributed by atoms with Crippen LogP contribution in [0.15, 0.2) is 12.1 Å². The van der Waals surface area contributed by atoms with E-state index in [-0.39, 0.29) is 0 Å². The highest BCUT2D eigenvalue weighted by atomic mass is 16.5. The number of ether oxygens (including phenoxy) is 1. The Hall–Kier alpha value is -1.53. The number of hydrogen-bond donors (Lipinski definition) is 2. The van der Waals surface area contributed by atoms with Crippen LogP contribution in [-0.4, -0.2) is 29.8 Å². The normalized spacial score (nSPS) is 13.8. The average Bonchev–Trinajstić information content (AvgIpc) is 2.58. The first-order valence-electron chi connectivity index (χ1n) is 4.85. The molecule has 0 aliphatic carbocycles. The van der Waals surface area contributed by atoms with Gasteiger partial charge in [0.15, 0.2) is 6.61 Å². The van der Waals surface area contributed by atoms with E-state index in [9.17, 15) is 9.82 Å². The molecule has 5 nitrogen and oxygen atoms in total. The molecular formula is C10H11BO5. The fourth-order valence-electron chi connectivity index (χ4n) is 1.71. The first-order chi connectivity index (χ1) is 7.58. The molecule has 0 unspecified atom stereocenters. The smallest absolute Gasteiger partial charge is 0.482 e. The van der Waals surface area contributed by atoms with Gasteiger partial charge in [0.05, 0.1) is 6.61 Å². The fraction of sp³-hybridized carbons (Fsp3) is 0.300. The van der Waals surface area contributed by atoms with Gasteiger partial charge < -0.3 is 19.5 Å². The van der Waals surface area contributed by atoms with E-state index in [0.29, 0.717) is 17.8 Å². The van der Waals surface area contributed by atoms with Crippen molar-refractivity contribution in [3.63, 3.8) is 0 Å². The molecule has 0 bridgehead atoms. The maximum atomic E-state index is 10.4. The van der Waals surface area contributed by atoms with Crippen molar-refractivity contribution < 1.29 is 24.3 Å². The summed E-state index contributed by atoms with van der Waals surface area (Å²) >= 11 is 0. The Morgan fingerprint density at radius 2 is 2.38 bits per heavy atom. The summed E-state index contributed by atoms with van der Waals surface area (Å²) in [7, 11) is -0.943. The summed E-state index contributed by atoms with van der Waals surface area (Å²) in [6.45, 7) is 1.85. The van der Waals surface area contributed by atoms with Crippen LogP contribution < -0.4 is 10.2 Å². The van der Waals surface area contributed by atoms with E-state index in [2.05, 4.69) is 0 Å². The lowest BCUT2D eigenvalue weighted by Crippen LogP contribution is -2.28. The van der Waals surface area contributed by atoms with Gasteiger partial charge in [-0.3, -0.25) is 0 Å². The Morgan fingerprint density at radius 1 is 1.62 bits per heavy atom. The van der Waals surface area contributed by atoms with Crippen molar-refractivity contribution in [3.8, 4) is 5.75 Å². The highest BCUT2D eigenvalue weighted by Gasteiger charge is 2.29. The standard InChI is InChI=1S/C10H11BO5/c1-6-2-7(15-5-10(12)13)3-9-8(6)4-16-11(9)14/h2-3,14H,4-5H2,1H3,(H,12,13). The number of hydrogen-bond acceptors (Lipinski definition) is 4. The van der Waals surface area contributed by atoms with Gasteiger partial charge in [0, 0.05) is 0 Å². The highest BCUT2D eigenvalue weighted by molar-refractivity contribution is 6.61. The molecule has 0 aromatic heterocycles. The minimum atomic E-state index is -1.03. The number of fused-ring (bicyclic) bond motifs is 1. The average molecular weight is 222 g/mol. The number of carboxylic acid groups (broad SMARTS) is 1. The van der Waals surface area contributed by atoms with Crippen molar-refractivity contribution in [1.29, 1.82) is 0 Å². The molecule has 0 saturated heterocycles. The number of benzene rings is 1. The van der Waals surface area contributed by atoms with Crippen LogP contribution in [0.3, 0.4) is 0 Å². The van der Waals surface area contributed by atoms with Gasteiger partial charge in [-0.15, -0.1) is 0 Å². The van der Waals surface area contributed by atoms with E-state index >= 15 is 0 Å².